The summed E-state index contributed by atoms with van der Waals surface area (Å²) in [5.74, 6) is 0.495. The molecule has 0 fully saturated rings. The van der Waals surface area contributed by atoms with Gasteiger partial charge in [-0.1, -0.05) is 18.2 Å². The van der Waals surface area contributed by atoms with Crippen LogP contribution in [0.25, 0.3) is 21.9 Å². The third-order valence-corrected chi connectivity index (χ3v) is 4.23. The Bertz CT molecular complexity index is 1140. The molecule has 1 amide bonds. The molecule has 148 valence electrons. The summed E-state index contributed by atoms with van der Waals surface area (Å²) in [6.45, 7) is 3.80. The molecule has 0 spiro atoms. The molecule has 0 bridgehead atoms. The van der Waals surface area contributed by atoms with Gasteiger partial charge in [0.05, 0.1) is 24.7 Å². The first-order valence-electron chi connectivity index (χ1n) is 9.02. The minimum absolute atomic E-state index is 0. The number of nitrogens with one attached hydrogen (secondary N) is 1. The standard InChI is InChI=1S/C20H20N6O3.Na/c1-12(2)29-18-15-11-14(28-3)9-10-16(15)26(13-7-5-4-6-8-13)17(18)19(27)21-20-22-24-25-23-20;/h4-12H,1-3H3,(H2,21,22,23,24,25,27);/q;+1/p-1. The number of methoxy groups -OCH3 is 1. The number of amides is 1. The molecule has 0 saturated heterocycles. The van der Waals surface area contributed by atoms with E-state index in [0.29, 0.717) is 11.5 Å². The van der Waals surface area contributed by atoms with Crippen molar-refractivity contribution < 1.29 is 43.8 Å². The Morgan fingerprint density at radius 3 is 2.57 bits per heavy atom. The second-order valence-corrected chi connectivity index (χ2v) is 6.53. The van der Waals surface area contributed by atoms with Crippen LogP contribution in [0.4, 0.5) is 5.95 Å². The van der Waals surface area contributed by atoms with Crippen molar-refractivity contribution >= 4 is 22.8 Å². The monoisotopic (exact) mass is 414 g/mol. The number of hydrogen-bond acceptors (Lipinski definition) is 6. The average molecular weight is 414 g/mol. The normalized spacial score (nSPS) is 10.7. The number of aromatic amines is 1. The molecule has 0 aliphatic heterocycles. The van der Waals surface area contributed by atoms with Crippen LogP contribution in [-0.4, -0.2) is 44.3 Å². The van der Waals surface area contributed by atoms with Crippen LogP contribution in [0.5, 0.6) is 11.5 Å². The maximum atomic E-state index is 13.2. The first-order valence-corrected chi connectivity index (χ1v) is 9.02. The second-order valence-electron chi connectivity index (χ2n) is 6.53. The predicted molar refractivity (Wildman–Crippen MR) is 107 cm³/mol. The van der Waals surface area contributed by atoms with Crippen molar-refractivity contribution in [3.63, 3.8) is 0 Å². The Morgan fingerprint density at radius 2 is 1.93 bits per heavy atom. The molecule has 4 rings (SSSR count). The van der Waals surface area contributed by atoms with Crippen LogP contribution in [0.3, 0.4) is 0 Å². The molecule has 10 heteroatoms. The van der Waals surface area contributed by atoms with Gasteiger partial charge in [-0.05, 0) is 44.2 Å². The number of fused-ring (bicyclic) bond motifs is 1. The van der Waals surface area contributed by atoms with Crippen LogP contribution in [-0.2, 0) is 0 Å². The summed E-state index contributed by atoms with van der Waals surface area (Å²) >= 11 is 0. The van der Waals surface area contributed by atoms with Crippen molar-refractivity contribution in [3.8, 4) is 17.2 Å². The Hall–Kier alpha value is -2.88. The van der Waals surface area contributed by atoms with Crippen LogP contribution < -0.4 is 39.0 Å². The summed E-state index contributed by atoms with van der Waals surface area (Å²) in [7, 11) is 1.59. The minimum Gasteiger partial charge on any atom is -0.497 e. The molecular weight excluding hydrogens is 395 g/mol. The van der Waals surface area contributed by atoms with E-state index >= 15 is 0 Å². The number of benzene rings is 2. The predicted octanol–water partition coefficient (Wildman–Crippen LogP) is 0.789. The zero-order valence-electron chi connectivity index (χ0n) is 17.2. The number of carbonyl (C=O) groups excluding carboxylic acids is 1. The number of H-pyrrole nitrogens is 1. The Kier molecular flexibility index (Phi) is 6.76. The van der Waals surface area contributed by atoms with Gasteiger partial charge in [-0.2, -0.15) is 0 Å². The van der Waals surface area contributed by atoms with E-state index in [9.17, 15) is 4.79 Å². The van der Waals surface area contributed by atoms with Gasteiger partial charge < -0.3 is 19.4 Å². The smallest absolute Gasteiger partial charge is 0.497 e. The quantitative estimate of drug-likeness (QED) is 0.467. The third kappa shape index (κ3) is 4.18. The maximum absolute atomic E-state index is 13.2. The summed E-state index contributed by atoms with van der Waals surface area (Å²) in [5, 5.41) is 18.0. The molecule has 1 N–H and O–H groups in total. The molecule has 0 saturated carbocycles. The largest absolute Gasteiger partial charge is 1.00 e. The molecular formula is C20H19N6NaO3. The molecule has 4 aromatic rings. The van der Waals surface area contributed by atoms with Gasteiger partial charge in [0.25, 0.3) is 0 Å². The molecule has 30 heavy (non-hydrogen) atoms. The van der Waals surface area contributed by atoms with E-state index in [-0.39, 0.29) is 47.3 Å². The van der Waals surface area contributed by atoms with Gasteiger partial charge in [-0.3, -0.25) is 20.2 Å². The first-order chi connectivity index (χ1) is 14.1. The van der Waals surface area contributed by atoms with Crippen LogP contribution in [0.2, 0.25) is 0 Å². The second kappa shape index (κ2) is 9.29. The Morgan fingerprint density at radius 1 is 1.17 bits per heavy atom. The van der Waals surface area contributed by atoms with E-state index < -0.39 is 5.91 Å². The number of hydrogen-bond donors (Lipinski definition) is 1. The van der Waals surface area contributed by atoms with Crippen LogP contribution in [0.15, 0.2) is 48.5 Å². The van der Waals surface area contributed by atoms with E-state index in [1.54, 1.807) is 7.11 Å². The van der Waals surface area contributed by atoms with Gasteiger partial charge in [0.15, 0.2) is 5.75 Å². The molecule has 0 radical (unpaired) electrons. The minimum atomic E-state index is -0.541. The first kappa shape index (κ1) is 21.8. The molecule has 2 aromatic carbocycles. The number of carbonyl (C=O) groups is 1. The van der Waals surface area contributed by atoms with Gasteiger partial charge in [0, 0.05) is 11.1 Å². The fourth-order valence-electron chi connectivity index (χ4n) is 3.11. The fourth-order valence-corrected chi connectivity index (χ4v) is 3.11. The van der Waals surface area contributed by atoms with Crippen molar-refractivity contribution in [1.29, 1.82) is 0 Å². The number of tetrazole rings is 1. The van der Waals surface area contributed by atoms with Crippen molar-refractivity contribution in [2.24, 2.45) is 0 Å². The van der Waals surface area contributed by atoms with E-state index in [4.69, 9.17) is 9.47 Å². The van der Waals surface area contributed by atoms with Gasteiger partial charge in [-0.15, -0.1) is 5.21 Å². The van der Waals surface area contributed by atoms with Crippen LogP contribution in [0.1, 0.15) is 24.3 Å². The summed E-state index contributed by atoms with van der Waals surface area (Å²) in [4.78, 5) is 13.2. The van der Waals surface area contributed by atoms with Gasteiger partial charge >= 0.3 is 29.6 Å². The fraction of sp³-hybridized carbons (Fsp3) is 0.200. The van der Waals surface area contributed by atoms with E-state index in [2.05, 4.69) is 25.9 Å². The summed E-state index contributed by atoms with van der Waals surface area (Å²) in [6.07, 6.45) is -0.159. The van der Waals surface area contributed by atoms with E-state index in [1.807, 2.05) is 66.9 Å². The number of nitrogens with zero attached hydrogens (tertiary/aromatic N) is 5. The SMILES string of the molecule is COc1ccc2c(c1)c(OC(C)C)c(C(=O)[N-]c1nn[nH]n1)n2-c1ccccc1.[Na+]. The van der Waals surface area contributed by atoms with Gasteiger partial charge in [0.2, 0.25) is 5.91 Å². The molecule has 2 heterocycles. The zero-order valence-corrected chi connectivity index (χ0v) is 19.2. The number of ether oxygens (including phenoxy) is 2. The summed E-state index contributed by atoms with van der Waals surface area (Å²) in [5.41, 5.74) is 1.87. The van der Waals surface area contributed by atoms with Crippen molar-refractivity contribution in [2.45, 2.75) is 20.0 Å². The van der Waals surface area contributed by atoms with Crippen LogP contribution >= 0.6 is 0 Å². The molecule has 0 unspecified atom stereocenters. The molecule has 0 aliphatic rings. The number of aromatic nitrogens is 5. The Balaban J connectivity index is 0.00000256. The molecule has 0 aliphatic carbocycles. The van der Waals surface area contributed by atoms with Crippen LogP contribution in [0, 0.1) is 0 Å². The Labute approximate surface area is 195 Å². The van der Waals surface area contributed by atoms with E-state index in [0.717, 1.165) is 16.6 Å². The topological polar surface area (TPSA) is 109 Å². The molecule has 2 aromatic heterocycles. The average Bonchev–Trinajstić information content (AvgIpc) is 3.34. The van der Waals surface area contributed by atoms with Gasteiger partial charge in [-0.25, -0.2) is 0 Å². The molecule has 0 atom stereocenters. The summed E-state index contributed by atoms with van der Waals surface area (Å²) in [6, 6.07) is 15.1. The van der Waals surface area contributed by atoms with Crippen molar-refractivity contribution in [2.75, 3.05) is 7.11 Å². The van der Waals surface area contributed by atoms with Crippen molar-refractivity contribution in [3.05, 3.63) is 59.5 Å². The van der Waals surface area contributed by atoms with Gasteiger partial charge in [0.1, 0.15) is 11.4 Å². The number of rotatable bonds is 6. The maximum Gasteiger partial charge on any atom is 1.00 e. The summed E-state index contributed by atoms with van der Waals surface area (Å²) < 4.78 is 13.3. The molecule has 9 nitrogen and oxygen atoms in total. The number of para-hydroxylation sites is 1. The van der Waals surface area contributed by atoms with E-state index in [1.165, 1.54) is 0 Å². The zero-order chi connectivity index (χ0) is 20.4. The third-order valence-electron chi connectivity index (χ3n) is 4.23. The van der Waals surface area contributed by atoms with Crippen molar-refractivity contribution in [1.82, 2.24) is 25.2 Å².